The fourth-order valence-corrected chi connectivity index (χ4v) is 3.99. The van der Waals surface area contributed by atoms with Crippen molar-refractivity contribution in [1.82, 2.24) is 14.9 Å². The molecule has 0 spiro atoms. The number of hydrogen-bond donors (Lipinski definition) is 2. The summed E-state index contributed by atoms with van der Waals surface area (Å²) in [5.41, 5.74) is -1.71. The van der Waals surface area contributed by atoms with Gasteiger partial charge in [0.2, 0.25) is 11.4 Å². The molecule has 2 aromatic heterocycles. The number of thiazole rings is 1. The average molecular weight is 406 g/mol. The van der Waals surface area contributed by atoms with Gasteiger partial charge in [0, 0.05) is 43.4 Å². The van der Waals surface area contributed by atoms with Crippen LogP contribution in [0.25, 0.3) is 10.9 Å². The number of hydrogen-bond acceptors (Lipinski definition) is 6. The van der Waals surface area contributed by atoms with Crippen molar-refractivity contribution in [2.45, 2.75) is 6.54 Å². The lowest BCUT2D eigenvalue weighted by atomic mass is 10.1. The molecule has 1 aliphatic rings. The van der Waals surface area contributed by atoms with Gasteiger partial charge in [0.1, 0.15) is 10.8 Å². The number of benzene rings is 1. The quantitative estimate of drug-likeness (QED) is 0.644. The van der Waals surface area contributed by atoms with Crippen LogP contribution in [0.2, 0.25) is 0 Å². The van der Waals surface area contributed by atoms with Gasteiger partial charge in [-0.05, 0) is 12.1 Å². The first-order chi connectivity index (χ1) is 13.5. The van der Waals surface area contributed by atoms with Gasteiger partial charge in [-0.2, -0.15) is 4.39 Å². The maximum absolute atomic E-state index is 15.0. The Kier molecular flexibility index (Phi) is 4.82. The fraction of sp³-hybridized carbons (Fsp3) is 0.278. The topological polar surface area (TPSA) is 87.5 Å². The number of pyridine rings is 1. The summed E-state index contributed by atoms with van der Waals surface area (Å²) in [5.74, 6) is -3.81. The fourth-order valence-electron chi connectivity index (χ4n) is 3.39. The Balaban J connectivity index is 2.00. The summed E-state index contributed by atoms with van der Waals surface area (Å²) in [6.07, 6.45) is 1.54. The second kappa shape index (κ2) is 7.28. The number of carboxylic acids is 1. The largest absolute Gasteiger partial charge is 0.477 e. The first kappa shape index (κ1) is 18.5. The van der Waals surface area contributed by atoms with E-state index >= 15 is 4.39 Å². The summed E-state index contributed by atoms with van der Waals surface area (Å²) >= 11 is 1.25. The minimum absolute atomic E-state index is 0.0104. The zero-order valence-corrected chi connectivity index (χ0v) is 15.4. The number of nitrogens with one attached hydrogen (secondary N) is 1. The van der Waals surface area contributed by atoms with E-state index < -0.39 is 34.1 Å². The molecule has 2 N–H and O–H groups in total. The van der Waals surface area contributed by atoms with Crippen molar-refractivity contribution < 1.29 is 18.7 Å². The molecule has 4 rings (SSSR count). The number of aromatic carboxylic acids is 1. The van der Waals surface area contributed by atoms with E-state index in [1.54, 1.807) is 5.38 Å². The molecule has 146 valence electrons. The Bertz CT molecular complexity index is 1110. The zero-order chi connectivity index (χ0) is 19.8. The summed E-state index contributed by atoms with van der Waals surface area (Å²) in [7, 11) is 0. The number of aromatic nitrogens is 2. The lowest BCUT2D eigenvalue weighted by Gasteiger charge is -2.30. The number of fused-ring (bicyclic) bond motifs is 1. The normalized spacial score (nSPS) is 14.6. The van der Waals surface area contributed by atoms with Crippen LogP contribution in [0.1, 0.15) is 15.4 Å². The maximum Gasteiger partial charge on any atom is 0.344 e. The molecule has 1 aromatic carbocycles. The molecule has 0 aliphatic carbocycles. The predicted octanol–water partition coefficient (Wildman–Crippen LogP) is 1.89. The van der Waals surface area contributed by atoms with E-state index in [0.717, 1.165) is 17.7 Å². The molecule has 10 heteroatoms. The van der Waals surface area contributed by atoms with Crippen LogP contribution in [0.4, 0.5) is 14.5 Å². The third-order valence-electron chi connectivity index (χ3n) is 4.72. The Morgan fingerprint density at radius 2 is 2.04 bits per heavy atom. The molecule has 0 radical (unpaired) electrons. The number of carbonyl (C=O) groups is 1. The molecule has 3 aromatic rings. The van der Waals surface area contributed by atoms with Crippen LogP contribution in [0.5, 0.6) is 0 Å². The Morgan fingerprint density at radius 3 is 2.68 bits per heavy atom. The van der Waals surface area contributed by atoms with Gasteiger partial charge in [0.05, 0.1) is 17.4 Å². The number of carboxylic acid groups (broad SMARTS) is 1. The zero-order valence-electron chi connectivity index (χ0n) is 14.6. The molecule has 0 bridgehead atoms. The van der Waals surface area contributed by atoms with Crippen LogP contribution in [0.3, 0.4) is 0 Å². The Hall–Kier alpha value is -2.85. The van der Waals surface area contributed by atoms with Crippen molar-refractivity contribution in [3.05, 3.63) is 56.3 Å². The summed E-state index contributed by atoms with van der Waals surface area (Å²) in [6, 6.07) is 2.74. The van der Waals surface area contributed by atoms with Gasteiger partial charge in [-0.3, -0.25) is 4.79 Å². The van der Waals surface area contributed by atoms with E-state index in [4.69, 9.17) is 0 Å². The number of anilines is 1. The highest BCUT2D eigenvalue weighted by molar-refractivity contribution is 7.09. The van der Waals surface area contributed by atoms with Crippen LogP contribution in [-0.2, 0) is 6.54 Å². The molecule has 28 heavy (non-hydrogen) atoms. The van der Waals surface area contributed by atoms with Crippen LogP contribution >= 0.6 is 11.3 Å². The monoisotopic (exact) mass is 406 g/mol. The summed E-state index contributed by atoms with van der Waals surface area (Å²) < 4.78 is 30.9. The van der Waals surface area contributed by atoms with Gasteiger partial charge in [-0.1, -0.05) is 0 Å². The van der Waals surface area contributed by atoms with Crippen LogP contribution in [0, 0.1) is 11.8 Å². The van der Waals surface area contributed by atoms with E-state index in [0.29, 0.717) is 23.8 Å². The van der Waals surface area contributed by atoms with Gasteiger partial charge < -0.3 is 19.9 Å². The van der Waals surface area contributed by atoms with Crippen molar-refractivity contribution in [2.24, 2.45) is 0 Å². The second-order valence-corrected chi connectivity index (χ2v) is 7.35. The van der Waals surface area contributed by atoms with E-state index in [-0.39, 0.29) is 12.1 Å². The highest BCUT2D eigenvalue weighted by atomic mass is 32.1. The second-order valence-electron chi connectivity index (χ2n) is 6.37. The van der Waals surface area contributed by atoms with Crippen LogP contribution in [-0.4, -0.2) is 46.8 Å². The molecule has 0 amide bonds. The van der Waals surface area contributed by atoms with E-state index in [1.807, 2.05) is 4.90 Å². The van der Waals surface area contributed by atoms with Gasteiger partial charge in [0.15, 0.2) is 5.56 Å². The van der Waals surface area contributed by atoms with Gasteiger partial charge in [0.25, 0.3) is 0 Å². The third-order valence-corrected chi connectivity index (χ3v) is 5.48. The van der Waals surface area contributed by atoms with Crippen molar-refractivity contribution in [1.29, 1.82) is 0 Å². The first-order valence-corrected chi connectivity index (χ1v) is 9.48. The highest BCUT2D eigenvalue weighted by Gasteiger charge is 2.26. The molecule has 1 saturated heterocycles. The summed E-state index contributed by atoms with van der Waals surface area (Å²) in [6.45, 7) is 2.61. The van der Waals surface area contributed by atoms with Gasteiger partial charge in [-0.25, -0.2) is 14.2 Å². The molecule has 7 nitrogen and oxygen atoms in total. The minimum Gasteiger partial charge on any atom is -0.477 e. The first-order valence-electron chi connectivity index (χ1n) is 8.60. The number of rotatable bonds is 4. The summed E-state index contributed by atoms with van der Waals surface area (Å²) in [4.78, 5) is 30.0. The smallest absolute Gasteiger partial charge is 0.344 e. The van der Waals surface area contributed by atoms with Crippen LogP contribution in [0.15, 0.2) is 28.5 Å². The lowest BCUT2D eigenvalue weighted by Crippen LogP contribution is -2.43. The van der Waals surface area contributed by atoms with Crippen molar-refractivity contribution >= 4 is 33.9 Å². The van der Waals surface area contributed by atoms with E-state index in [2.05, 4.69) is 10.3 Å². The van der Waals surface area contributed by atoms with Gasteiger partial charge >= 0.3 is 5.97 Å². The lowest BCUT2D eigenvalue weighted by molar-refractivity contribution is 0.0688. The van der Waals surface area contributed by atoms with E-state index in [9.17, 15) is 19.1 Å². The minimum atomic E-state index is -1.73. The average Bonchev–Trinajstić information content (AvgIpc) is 3.18. The van der Waals surface area contributed by atoms with Crippen molar-refractivity contribution in [2.75, 3.05) is 31.1 Å². The number of piperazine rings is 1. The van der Waals surface area contributed by atoms with Gasteiger partial charge in [-0.15, -0.1) is 11.3 Å². The summed E-state index contributed by atoms with van der Waals surface area (Å²) in [5, 5.41) is 14.3. The van der Waals surface area contributed by atoms with Crippen LogP contribution < -0.4 is 15.6 Å². The number of halogens is 2. The molecule has 1 fully saturated rings. The maximum atomic E-state index is 15.0. The standard InChI is InChI=1S/C18H16F2N4O3S/c19-11-7-10(23-4-1-21-2-5-23)8-12-14(11)16(25)15(18(26)27)17(20)24(12)9-13-22-3-6-28-13/h3,6-8,21H,1-2,4-5,9H2,(H,26,27). The molecule has 3 heterocycles. The molecule has 0 unspecified atom stereocenters. The third kappa shape index (κ3) is 3.14. The molecule has 0 atom stereocenters. The Morgan fingerprint density at radius 1 is 1.29 bits per heavy atom. The highest BCUT2D eigenvalue weighted by Crippen LogP contribution is 2.27. The predicted molar refractivity (Wildman–Crippen MR) is 101 cm³/mol. The molecule has 1 aliphatic heterocycles. The van der Waals surface area contributed by atoms with Crippen molar-refractivity contribution in [3.8, 4) is 0 Å². The van der Waals surface area contributed by atoms with Crippen molar-refractivity contribution in [3.63, 3.8) is 0 Å². The molecular formula is C18H16F2N4O3S. The SMILES string of the molecule is O=C(O)c1c(F)n(Cc2nccs2)c2cc(N3CCNCC3)cc(F)c2c1=O. The molecule has 0 saturated carbocycles. The number of nitrogens with zero attached hydrogens (tertiary/aromatic N) is 3. The molecular weight excluding hydrogens is 390 g/mol. The van der Waals surface area contributed by atoms with E-state index in [1.165, 1.54) is 29.7 Å². The Labute approximate surface area is 161 Å².